The Kier molecular flexibility index (Phi) is 6.18. The minimum Gasteiger partial charge on any atom is -0.354 e. The van der Waals surface area contributed by atoms with Crippen LogP contribution in [0.1, 0.15) is 32.1 Å². The Labute approximate surface area is 176 Å². The molecule has 0 spiro atoms. The summed E-state index contributed by atoms with van der Waals surface area (Å²) in [6.07, 6.45) is 5.32. The van der Waals surface area contributed by atoms with Crippen LogP contribution in [-0.4, -0.2) is 59.9 Å². The molecular weight excluding hydrogens is 394 g/mol. The van der Waals surface area contributed by atoms with Crippen molar-refractivity contribution in [2.45, 2.75) is 37.6 Å². The van der Waals surface area contributed by atoms with Crippen molar-refractivity contribution in [3.63, 3.8) is 0 Å². The van der Waals surface area contributed by atoms with Gasteiger partial charge in [0.15, 0.2) is 0 Å². The zero-order valence-corrected chi connectivity index (χ0v) is 17.7. The Morgan fingerprint density at radius 1 is 1.14 bits per heavy atom. The molecule has 0 radical (unpaired) electrons. The maximum atomic E-state index is 12.9. The van der Waals surface area contributed by atoms with Gasteiger partial charge < -0.3 is 10.2 Å². The molecule has 1 aromatic rings. The number of halogens is 1. The molecule has 1 unspecified atom stereocenters. The van der Waals surface area contributed by atoms with Crippen molar-refractivity contribution in [3.05, 3.63) is 29.3 Å². The molecule has 0 bridgehead atoms. The summed E-state index contributed by atoms with van der Waals surface area (Å²) in [5.41, 5.74) is 0.900. The highest BCUT2D eigenvalue weighted by Gasteiger charge is 2.42. The van der Waals surface area contributed by atoms with Gasteiger partial charge in [-0.1, -0.05) is 24.4 Å². The largest absolute Gasteiger partial charge is 0.354 e. The van der Waals surface area contributed by atoms with Gasteiger partial charge in [0.25, 0.3) is 0 Å². The van der Waals surface area contributed by atoms with E-state index in [1.165, 1.54) is 24.3 Å². The van der Waals surface area contributed by atoms with Gasteiger partial charge >= 0.3 is 0 Å². The second-order valence-electron chi connectivity index (χ2n) is 8.06. The third-order valence-corrected chi connectivity index (χ3v) is 7.66. The van der Waals surface area contributed by atoms with E-state index in [0.717, 1.165) is 31.6 Å². The zero-order chi connectivity index (χ0) is 19.6. The van der Waals surface area contributed by atoms with E-state index in [0.29, 0.717) is 24.5 Å². The first kappa shape index (κ1) is 20.0. The Morgan fingerprint density at radius 2 is 1.82 bits per heavy atom. The minimum absolute atomic E-state index is 0.0914. The van der Waals surface area contributed by atoms with Crippen molar-refractivity contribution in [3.8, 4) is 0 Å². The van der Waals surface area contributed by atoms with Crippen LogP contribution < -0.4 is 10.2 Å². The van der Waals surface area contributed by atoms with E-state index in [2.05, 4.69) is 10.2 Å². The predicted molar refractivity (Wildman–Crippen MR) is 115 cm³/mol. The summed E-state index contributed by atoms with van der Waals surface area (Å²) in [6.45, 7) is 3.45. The molecule has 0 aromatic heterocycles. The van der Waals surface area contributed by atoms with Crippen molar-refractivity contribution in [1.29, 1.82) is 0 Å². The standard InChI is InChI=1S/C21H28ClN3O2S/c22-16-3-5-17(6-4-16)25-10-7-18(20(25)27)19(26)23-15-21(8-1-2-9-21)24-11-13-28-14-12-24/h3-6,18H,1-2,7-15H2,(H,23,26). The average Bonchev–Trinajstić information content (AvgIpc) is 3.35. The van der Waals surface area contributed by atoms with E-state index >= 15 is 0 Å². The lowest BCUT2D eigenvalue weighted by atomic mass is 9.94. The number of nitrogens with zero attached hydrogens (tertiary/aromatic N) is 2. The normalized spacial score (nSPS) is 25.2. The molecule has 1 N–H and O–H groups in total. The van der Waals surface area contributed by atoms with Crippen LogP contribution in [0, 0.1) is 5.92 Å². The molecule has 2 amide bonds. The monoisotopic (exact) mass is 421 g/mol. The molecule has 2 saturated heterocycles. The average molecular weight is 422 g/mol. The van der Waals surface area contributed by atoms with E-state index in [1.807, 2.05) is 23.9 Å². The van der Waals surface area contributed by atoms with Gasteiger partial charge in [-0.3, -0.25) is 14.5 Å². The van der Waals surface area contributed by atoms with Gasteiger partial charge in [0, 0.05) is 53.9 Å². The molecule has 1 aliphatic carbocycles. The van der Waals surface area contributed by atoms with Crippen LogP contribution in [0.3, 0.4) is 0 Å². The van der Waals surface area contributed by atoms with Crippen molar-refractivity contribution in [2.24, 2.45) is 5.92 Å². The van der Waals surface area contributed by atoms with Crippen molar-refractivity contribution in [1.82, 2.24) is 10.2 Å². The van der Waals surface area contributed by atoms with Crippen LogP contribution in [0.5, 0.6) is 0 Å². The summed E-state index contributed by atoms with van der Waals surface area (Å²) in [5, 5.41) is 3.80. The molecule has 152 valence electrons. The van der Waals surface area contributed by atoms with Crippen LogP contribution in [0.25, 0.3) is 0 Å². The number of benzene rings is 1. The zero-order valence-electron chi connectivity index (χ0n) is 16.2. The van der Waals surface area contributed by atoms with Gasteiger partial charge in [-0.25, -0.2) is 0 Å². The SMILES string of the molecule is O=C(NCC1(N2CCSCC2)CCCC1)C1CCN(c2ccc(Cl)cc2)C1=O. The quantitative estimate of drug-likeness (QED) is 0.742. The highest BCUT2D eigenvalue weighted by atomic mass is 35.5. The number of hydrogen-bond donors (Lipinski definition) is 1. The maximum Gasteiger partial charge on any atom is 0.239 e. The highest BCUT2D eigenvalue weighted by Crippen LogP contribution is 2.36. The summed E-state index contributed by atoms with van der Waals surface area (Å²) in [6, 6.07) is 7.22. The first-order chi connectivity index (χ1) is 13.6. The van der Waals surface area contributed by atoms with E-state index < -0.39 is 5.92 Å². The van der Waals surface area contributed by atoms with Gasteiger partial charge in [-0.15, -0.1) is 0 Å². The number of hydrogen-bond acceptors (Lipinski definition) is 4. The molecule has 1 atom stereocenters. The molecule has 2 heterocycles. The predicted octanol–water partition coefficient (Wildman–Crippen LogP) is 3.17. The topological polar surface area (TPSA) is 52.7 Å². The molecule has 4 rings (SSSR count). The smallest absolute Gasteiger partial charge is 0.239 e. The second kappa shape index (κ2) is 8.64. The highest BCUT2D eigenvalue weighted by molar-refractivity contribution is 7.99. The molecule has 28 heavy (non-hydrogen) atoms. The van der Waals surface area contributed by atoms with E-state index in [9.17, 15) is 9.59 Å². The van der Waals surface area contributed by atoms with Crippen molar-refractivity contribution >= 4 is 40.9 Å². The first-order valence-corrected chi connectivity index (χ1v) is 11.8. The van der Waals surface area contributed by atoms with Crippen LogP contribution in [0.15, 0.2) is 24.3 Å². The van der Waals surface area contributed by atoms with Crippen molar-refractivity contribution in [2.75, 3.05) is 42.6 Å². The molecular formula is C21H28ClN3O2S. The molecule has 1 saturated carbocycles. The molecule has 3 fully saturated rings. The summed E-state index contributed by atoms with van der Waals surface area (Å²) in [5.74, 6) is 1.56. The van der Waals surface area contributed by atoms with Gasteiger partial charge in [-0.05, 0) is 43.5 Å². The van der Waals surface area contributed by atoms with Crippen molar-refractivity contribution < 1.29 is 9.59 Å². The lowest BCUT2D eigenvalue weighted by molar-refractivity contribution is -0.132. The lowest BCUT2D eigenvalue weighted by Gasteiger charge is -2.43. The van der Waals surface area contributed by atoms with Crippen LogP contribution in [-0.2, 0) is 9.59 Å². The molecule has 7 heteroatoms. The van der Waals surface area contributed by atoms with E-state index in [4.69, 9.17) is 11.6 Å². The van der Waals surface area contributed by atoms with Gasteiger partial charge in [-0.2, -0.15) is 11.8 Å². The molecule has 1 aromatic carbocycles. The summed E-state index contributed by atoms with van der Waals surface area (Å²) in [7, 11) is 0. The first-order valence-electron chi connectivity index (χ1n) is 10.3. The fourth-order valence-corrected chi connectivity index (χ4v) is 5.88. The number of carbonyl (C=O) groups is 2. The van der Waals surface area contributed by atoms with Gasteiger partial charge in [0.1, 0.15) is 5.92 Å². The Hall–Kier alpha value is -1.24. The number of nitrogens with one attached hydrogen (secondary N) is 1. The van der Waals surface area contributed by atoms with Crippen LogP contribution in [0.4, 0.5) is 5.69 Å². The molecule has 2 aliphatic heterocycles. The fourth-order valence-electron chi connectivity index (χ4n) is 4.85. The third kappa shape index (κ3) is 4.05. The molecule has 5 nitrogen and oxygen atoms in total. The molecule has 3 aliphatic rings. The van der Waals surface area contributed by atoms with Crippen LogP contribution in [0.2, 0.25) is 5.02 Å². The number of carbonyl (C=O) groups excluding carboxylic acids is 2. The third-order valence-electron chi connectivity index (χ3n) is 6.47. The van der Waals surface area contributed by atoms with Gasteiger partial charge in [0.2, 0.25) is 11.8 Å². The minimum atomic E-state index is -0.578. The summed E-state index contributed by atoms with van der Waals surface area (Å²) in [4.78, 5) is 30.0. The van der Waals surface area contributed by atoms with E-state index in [1.54, 1.807) is 17.0 Å². The maximum absolute atomic E-state index is 12.9. The fraction of sp³-hybridized carbons (Fsp3) is 0.619. The Balaban J connectivity index is 1.38. The van der Waals surface area contributed by atoms with E-state index in [-0.39, 0.29) is 17.4 Å². The number of amides is 2. The number of thioether (sulfide) groups is 1. The van der Waals surface area contributed by atoms with Gasteiger partial charge in [0.05, 0.1) is 0 Å². The number of anilines is 1. The summed E-state index contributed by atoms with van der Waals surface area (Å²) < 4.78 is 0. The Bertz CT molecular complexity index is 715. The second-order valence-corrected chi connectivity index (χ2v) is 9.72. The lowest BCUT2D eigenvalue weighted by Crippen LogP contribution is -2.57. The summed E-state index contributed by atoms with van der Waals surface area (Å²) >= 11 is 7.95. The van der Waals surface area contributed by atoms with Crippen LogP contribution >= 0.6 is 23.4 Å². The Morgan fingerprint density at radius 3 is 2.50 bits per heavy atom. The number of rotatable bonds is 5.